The van der Waals surface area contributed by atoms with Gasteiger partial charge in [-0.05, 0) is 48.7 Å². The first-order valence-corrected chi connectivity index (χ1v) is 8.68. The number of alkyl halides is 3. The highest BCUT2D eigenvalue weighted by molar-refractivity contribution is 5.95. The summed E-state index contributed by atoms with van der Waals surface area (Å²) in [7, 11) is 0. The fourth-order valence-electron chi connectivity index (χ4n) is 2.99. The van der Waals surface area contributed by atoms with Crippen LogP contribution in [0.2, 0.25) is 0 Å². The van der Waals surface area contributed by atoms with Crippen LogP contribution in [0.25, 0.3) is 0 Å². The first-order chi connectivity index (χ1) is 12.8. The Labute approximate surface area is 155 Å². The highest BCUT2D eigenvalue weighted by Crippen LogP contribution is 2.29. The quantitative estimate of drug-likeness (QED) is 0.881. The maximum atomic E-state index is 12.7. The van der Waals surface area contributed by atoms with E-state index in [4.69, 9.17) is 0 Å². The van der Waals surface area contributed by atoms with Gasteiger partial charge in [0.05, 0.1) is 5.56 Å². The van der Waals surface area contributed by atoms with Crippen LogP contribution in [-0.2, 0) is 12.7 Å². The van der Waals surface area contributed by atoms with E-state index in [-0.39, 0.29) is 18.0 Å². The Hall–Kier alpha value is -2.83. The van der Waals surface area contributed by atoms with E-state index in [1.807, 2.05) is 4.90 Å². The van der Waals surface area contributed by atoms with Gasteiger partial charge in [-0.25, -0.2) is 0 Å². The molecule has 0 spiro atoms. The van der Waals surface area contributed by atoms with Crippen LogP contribution in [0, 0.1) is 0 Å². The second-order valence-electron chi connectivity index (χ2n) is 6.46. The fourth-order valence-corrected chi connectivity index (χ4v) is 2.99. The van der Waals surface area contributed by atoms with Crippen LogP contribution in [0.5, 0.6) is 0 Å². The number of likely N-dealkylation sites (tertiary alicyclic amines) is 1. The minimum atomic E-state index is -4.49. The summed E-state index contributed by atoms with van der Waals surface area (Å²) >= 11 is 0. The molecule has 0 bridgehead atoms. The summed E-state index contributed by atoms with van der Waals surface area (Å²) < 4.78 is 38.2. The molecule has 1 N–H and O–H groups in total. The molecule has 142 valence electrons. The number of rotatable bonds is 4. The number of benzene rings is 2. The Balaban J connectivity index is 1.60. The molecule has 2 amide bonds. The van der Waals surface area contributed by atoms with Crippen LogP contribution in [-0.4, -0.2) is 29.8 Å². The summed E-state index contributed by atoms with van der Waals surface area (Å²) in [4.78, 5) is 26.2. The Morgan fingerprint density at radius 3 is 2.26 bits per heavy atom. The standard InChI is InChI=1S/C20H19F3N2O2/c21-20(22,23)17-5-3-4-16(12-17)18(26)24-13-14-6-8-15(9-7-14)19(27)25-10-1-2-11-25/h3-9,12H,1-2,10-11,13H2,(H,24,26). The molecule has 3 rings (SSSR count). The molecule has 0 radical (unpaired) electrons. The van der Waals surface area contributed by atoms with E-state index in [0.717, 1.165) is 43.6 Å². The summed E-state index contributed by atoms with van der Waals surface area (Å²) in [6.45, 7) is 1.70. The van der Waals surface area contributed by atoms with Gasteiger partial charge in [0, 0.05) is 30.8 Å². The summed E-state index contributed by atoms with van der Waals surface area (Å²) in [5, 5.41) is 2.60. The molecule has 7 heteroatoms. The Morgan fingerprint density at radius 2 is 1.63 bits per heavy atom. The molecule has 0 unspecified atom stereocenters. The maximum Gasteiger partial charge on any atom is 0.416 e. The topological polar surface area (TPSA) is 49.4 Å². The van der Waals surface area contributed by atoms with Crippen LogP contribution < -0.4 is 5.32 Å². The Kier molecular flexibility index (Phi) is 5.48. The van der Waals surface area contributed by atoms with Crippen molar-refractivity contribution in [2.24, 2.45) is 0 Å². The molecule has 1 heterocycles. The molecule has 1 saturated heterocycles. The van der Waals surface area contributed by atoms with Crippen LogP contribution in [0.4, 0.5) is 13.2 Å². The second-order valence-corrected chi connectivity index (χ2v) is 6.46. The lowest BCUT2D eigenvalue weighted by atomic mass is 10.1. The number of amides is 2. The van der Waals surface area contributed by atoms with E-state index >= 15 is 0 Å². The normalized spacial score (nSPS) is 14.3. The van der Waals surface area contributed by atoms with Crippen molar-refractivity contribution < 1.29 is 22.8 Å². The van der Waals surface area contributed by atoms with Crippen molar-refractivity contribution in [2.45, 2.75) is 25.6 Å². The molecule has 0 aliphatic carbocycles. The highest BCUT2D eigenvalue weighted by atomic mass is 19.4. The van der Waals surface area contributed by atoms with Gasteiger partial charge in [0.2, 0.25) is 0 Å². The van der Waals surface area contributed by atoms with Gasteiger partial charge in [0.25, 0.3) is 11.8 Å². The molecule has 0 atom stereocenters. The number of carbonyl (C=O) groups excluding carboxylic acids is 2. The molecule has 0 saturated carbocycles. The second kappa shape index (κ2) is 7.82. The summed E-state index contributed by atoms with van der Waals surface area (Å²) in [5.41, 5.74) is 0.434. The molecule has 2 aromatic rings. The van der Waals surface area contributed by atoms with Gasteiger partial charge in [0.1, 0.15) is 0 Å². The van der Waals surface area contributed by atoms with E-state index in [2.05, 4.69) is 5.32 Å². The van der Waals surface area contributed by atoms with E-state index in [0.29, 0.717) is 5.56 Å². The van der Waals surface area contributed by atoms with Crippen molar-refractivity contribution in [1.29, 1.82) is 0 Å². The molecule has 1 fully saturated rings. The SMILES string of the molecule is O=C(NCc1ccc(C(=O)N2CCCC2)cc1)c1cccc(C(F)(F)F)c1. The van der Waals surface area contributed by atoms with Gasteiger partial charge < -0.3 is 10.2 Å². The summed E-state index contributed by atoms with van der Waals surface area (Å²) in [5.74, 6) is -0.592. The molecule has 1 aliphatic rings. The fraction of sp³-hybridized carbons (Fsp3) is 0.300. The molecule has 27 heavy (non-hydrogen) atoms. The Bertz CT molecular complexity index is 826. The van der Waals surface area contributed by atoms with Crippen molar-refractivity contribution in [1.82, 2.24) is 10.2 Å². The summed E-state index contributed by atoms with van der Waals surface area (Å²) in [6.07, 6.45) is -2.45. The zero-order valence-corrected chi connectivity index (χ0v) is 14.6. The smallest absolute Gasteiger partial charge is 0.348 e. The predicted molar refractivity (Wildman–Crippen MR) is 94.2 cm³/mol. The molecule has 2 aromatic carbocycles. The van der Waals surface area contributed by atoms with E-state index < -0.39 is 17.6 Å². The highest BCUT2D eigenvalue weighted by Gasteiger charge is 2.30. The van der Waals surface area contributed by atoms with Gasteiger partial charge >= 0.3 is 6.18 Å². The van der Waals surface area contributed by atoms with Gasteiger partial charge in [-0.2, -0.15) is 13.2 Å². The lowest BCUT2D eigenvalue weighted by molar-refractivity contribution is -0.137. The van der Waals surface area contributed by atoms with Crippen LogP contribution in [0.3, 0.4) is 0 Å². The predicted octanol–water partition coefficient (Wildman–Crippen LogP) is 3.87. The number of halogens is 3. The third kappa shape index (κ3) is 4.67. The molecule has 1 aliphatic heterocycles. The van der Waals surface area contributed by atoms with Crippen molar-refractivity contribution >= 4 is 11.8 Å². The number of hydrogen-bond acceptors (Lipinski definition) is 2. The third-order valence-electron chi connectivity index (χ3n) is 4.50. The number of hydrogen-bond donors (Lipinski definition) is 1. The zero-order chi connectivity index (χ0) is 19.4. The van der Waals surface area contributed by atoms with Gasteiger partial charge in [-0.3, -0.25) is 9.59 Å². The molecule has 0 aromatic heterocycles. The average molecular weight is 376 g/mol. The largest absolute Gasteiger partial charge is 0.416 e. The van der Waals surface area contributed by atoms with E-state index in [9.17, 15) is 22.8 Å². The van der Waals surface area contributed by atoms with Crippen molar-refractivity contribution in [2.75, 3.05) is 13.1 Å². The van der Waals surface area contributed by atoms with Crippen LogP contribution >= 0.6 is 0 Å². The van der Waals surface area contributed by atoms with Gasteiger partial charge in [-0.15, -0.1) is 0 Å². The van der Waals surface area contributed by atoms with Crippen LogP contribution in [0.1, 0.15) is 44.7 Å². The summed E-state index contributed by atoms with van der Waals surface area (Å²) in [6, 6.07) is 11.2. The maximum absolute atomic E-state index is 12.7. The molecular weight excluding hydrogens is 357 g/mol. The first kappa shape index (κ1) is 18.9. The number of nitrogens with one attached hydrogen (secondary N) is 1. The zero-order valence-electron chi connectivity index (χ0n) is 14.6. The lowest BCUT2D eigenvalue weighted by Crippen LogP contribution is -2.27. The third-order valence-corrected chi connectivity index (χ3v) is 4.50. The monoisotopic (exact) mass is 376 g/mol. The number of nitrogens with zero attached hydrogens (tertiary/aromatic N) is 1. The lowest BCUT2D eigenvalue weighted by Gasteiger charge is -2.15. The van der Waals surface area contributed by atoms with Crippen molar-refractivity contribution in [3.63, 3.8) is 0 Å². The van der Waals surface area contributed by atoms with Crippen molar-refractivity contribution in [3.8, 4) is 0 Å². The van der Waals surface area contributed by atoms with Crippen LogP contribution in [0.15, 0.2) is 48.5 Å². The Morgan fingerprint density at radius 1 is 0.963 bits per heavy atom. The van der Waals surface area contributed by atoms with Crippen molar-refractivity contribution in [3.05, 3.63) is 70.8 Å². The minimum Gasteiger partial charge on any atom is -0.348 e. The number of carbonyl (C=O) groups is 2. The van der Waals surface area contributed by atoms with Gasteiger partial charge in [0.15, 0.2) is 0 Å². The van der Waals surface area contributed by atoms with E-state index in [1.165, 1.54) is 12.1 Å². The first-order valence-electron chi connectivity index (χ1n) is 8.68. The average Bonchev–Trinajstić information content (AvgIpc) is 3.20. The molecular formula is C20H19F3N2O2. The van der Waals surface area contributed by atoms with Gasteiger partial charge in [-0.1, -0.05) is 18.2 Å². The molecule has 4 nitrogen and oxygen atoms in total. The van der Waals surface area contributed by atoms with E-state index in [1.54, 1.807) is 24.3 Å². The minimum absolute atomic E-state index is 0.00736.